The summed E-state index contributed by atoms with van der Waals surface area (Å²) in [6.45, 7) is 2.01. The van der Waals surface area contributed by atoms with Crippen LogP contribution in [0.1, 0.15) is 16.7 Å². The van der Waals surface area contributed by atoms with E-state index in [1.54, 1.807) is 30.3 Å². The number of hydrogen-bond acceptors (Lipinski definition) is 4. The lowest BCUT2D eigenvalue weighted by Gasteiger charge is -2.32. The molecule has 0 saturated carbocycles. The summed E-state index contributed by atoms with van der Waals surface area (Å²) < 4.78 is 27.2. The number of halogens is 1. The monoisotopic (exact) mass is 466 g/mol. The first kappa shape index (κ1) is 20.7. The Balaban J connectivity index is 1.78. The van der Waals surface area contributed by atoms with Gasteiger partial charge < -0.3 is 4.90 Å². The minimum atomic E-state index is -4.21. The summed E-state index contributed by atoms with van der Waals surface area (Å²) >= 11 is 6.15. The van der Waals surface area contributed by atoms with E-state index < -0.39 is 32.3 Å². The van der Waals surface area contributed by atoms with Crippen LogP contribution in [0.5, 0.6) is 0 Å². The number of sulfone groups is 1. The second-order valence-corrected chi connectivity index (χ2v) is 10.6. The van der Waals surface area contributed by atoms with Crippen molar-refractivity contribution < 1.29 is 18.0 Å². The van der Waals surface area contributed by atoms with Crippen molar-refractivity contribution in [3.63, 3.8) is 0 Å². The van der Waals surface area contributed by atoms with Gasteiger partial charge in [-0.1, -0.05) is 59.6 Å². The lowest BCUT2D eigenvalue weighted by Crippen LogP contribution is -2.54. The molecular formula is C24H19ClN2O4S. The maximum atomic E-state index is 14.1. The van der Waals surface area contributed by atoms with Crippen LogP contribution < -0.4 is 9.80 Å². The molecular weight excluding hydrogens is 448 g/mol. The third-order valence-corrected chi connectivity index (χ3v) is 8.26. The van der Waals surface area contributed by atoms with Crippen molar-refractivity contribution >= 4 is 44.6 Å². The number of carbonyl (C=O) groups is 2. The van der Waals surface area contributed by atoms with Crippen LogP contribution in [0.2, 0.25) is 5.02 Å². The summed E-state index contributed by atoms with van der Waals surface area (Å²) in [5, 5.41) is 0.339. The van der Waals surface area contributed by atoms with Crippen molar-refractivity contribution in [3.05, 3.63) is 94.5 Å². The lowest BCUT2D eigenvalue weighted by atomic mass is 10.0. The molecule has 3 aromatic carbocycles. The largest absolute Gasteiger partial charge is 0.304 e. The molecule has 2 aliphatic rings. The molecule has 3 aromatic rings. The fourth-order valence-electron chi connectivity index (χ4n) is 4.59. The molecule has 0 bridgehead atoms. The van der Waals surface area contributed by atoms with Crippen molar-refractivity contribution in [2.45, 2.75) is 18.3 Å². The van der Waals surface area contributed by atoms with Gasteiger partial charge in [-0.15, -0.1) is 0 Å². The van der Waals surface area contributed by atoms with E-state index in [0.717, 1.165) is 16.0 Å². The summed E-state index contributed by atoms with van der Waals surface area (Å²) in [4.78, 5) is 27.6. The average molecular weight is 467 g/mol. The van der Waals surface area contributed by atoms with E-state index in [1.165, 1.54) is 11.0 Å². The Bertz CT molecular complexity index is 1370. The first-order valence-electron chi connectivity index (χ1n) is 10.0. The number of fused-ring (bicyclic) bond motifs is 2. The zero-order valence-electron chi connectivity index (χ0n) is 17.2. The molecule has 2 amide bonds. The van der Waals surface area contributed by atoms with E-state index in [4.69, 9.17) is 11.6 Å². The molecule has 1 saturated heterocycles. The topological polar surface area (TPSA) is 74.8 Å². The normalized spacial score (nSPS) is 21.4. The van der Waals surface area contributed by atoms with Gasteiger partial charge in [0.2, 0.25) is 5.91 Å². The summed E-state index contributed by atoms with van der Waals surface area (Å²) in [5.74, 6) is -2.07. The zero-order valence-corrected chi connectivity index (χ0v) is 18.7. The quantitative estimate of drug-likeness (QED) is 0.588. The van der Waals surface area contributed by atoms with Crippen LogP contribution in [-0.2, 0) is 30.8 Å². The van der Waals surface area contributed by atoms with Gasteiger partial charge in [0.1, 0.15) is 5.75 Å². The van der Waals surface area contributed by atoms with Gasteiger partial charge in [-0.05, 0) is 42.8 Å². The Morgan fingerprint density at radius 1 is 0.969 bits per heavy atom. The Morgan fingerprint density at radius 2 is 1.72 bits per heavy atom. The number of nitrogens with zero attached hydrogens (tertiary/aromatic N) is 2. The first-order chi connectivity index (χ1) is 15.3. The summed E-state index contributed by atoms with van der Waals surface area (Å²) in [6, 6.07) is 20.9. The molecule has 0 aromatic heterocycles. The van der Waals surface area contributed by atoms with E-state index in [-0.39, 0.29) is 12.2 Å². The van der Waals surface area contributed by atoms with Gasteiger partial charge in [-0.3, -0.25) is 14.5 Å². The number of carbonyl (C=O) groups excluding carboxylic acids is 2. The SMILES string of the molecule is Cc1ccc2c(c1)[C@@]1(C(=O)N2Cc2ccccc2)N(c2cccc(Cl)c2)C(=O)CS1(=O)=O. The molecule has 2 aliphatic heterocycles. The van der Waals surface area contributed by atoms with Crippen LogP contribution in [0.3, 0.4) is 0 Å². The summed E-state index contributed by atoms with van der Waals surface area (Å²) in [5.41, 5.74) is 2.68. The molecule has 1 atom stereocenters. The van der Waals surface area contributed by atoms with E-state index in [0.29, 0.717) is 16.3 Å². The first-order valence-corrected chi connectivity index (χ1v) is 12.1. The Kier molecular flexibility index (Phi) is 4.65. The maximum Gasteiger partial charge on any atom is 0.274 e. The molecule has 32 heavy (non-hydrogen) atoms. The highest BCUT2D eigenvalue weighted by molar-refractivity contribution is 7.94. The lowest BCUT2D eigenvalue weighted by molar-refractivity contribution is -0.123. The zero-order chi connectivity index (χ0) is 22.7. The fraction of sp³-hybridized carbons (Fsp3) is 0.167. The van der Waals surface area contributed by atoms with Crippen LogP contribution in [0, 0.1) is 6.92 Å². The van der Waals surface area contributed by atoms with Gasteiger partial charge in [-0.2, -0.15) is 0 Å². The van der Waals surface area contributed by atoms with Gasteiger partial charge in [-0.25, -0.2) is 8.42 Å². The van der Waals surface area contributed by atoms with Crippen molar-refractivity contribution in [1.82, 2.24) is 0 Å². The molecule has 1 spiro atoms. The molecule has 5 rings (SSSR count). The van der Waals surface area contributed by atoms with E-state index in [1.807, 2.05) is 43.3 Å². The van der Waals surface area contributed by atoms with Crippen molar-refractivity contribution in [2.24, 2.45) is 0 Å². The molecule has 2 heterocycles. The number of amides is 2. The standard InChI is InChI=1S/C24H19ClN2O4S/c1-16-10-11-21-20(12-16)24(23(29)26(21)14-17-6-3-2-4-7-17)27(22(28)15-32(24,30)31)19-9-5-8-18(25)13-19/h2-13H,14-15H2,1H3/t24-/m1/s1. The third-order valence-electron chi connectivity index (χ3n) is 5.92. The van der Waals surface area contributed by atoms with Gasteiger partial charge in [0.05, 0.1) is 12.2 Å². The highest BCUT2D eigenvalue weighted by Gasteiger charge is 2.69. The summed E-state index contributed by atoms with van der Waals surface area (Å²) in [7, 11) is -4.21. The number of benzene rings is 3. The molecule has 1 fully saturated rings. The van der Waals surface area contributed by atoms with E-state index >= 15 is 0 Å². The van der Waals surface area contributed by atoms with Crippen molar-refractivity contribution in [3.8, 4) is 0 Å². The van der Waals surface area contributed by atoms with Gasteiger partial charge in [0.25, 0.3) is 10.8 Å². The minimum absolute atomic E-state index is 0.185. The predicted octanol–water partition coefficient (Wildman–Crippen LogP) is 3.81. The Labute approximate surface area is 190 Å². The van der Waals surface area contributed by atoms with Gasteiger partial charge in [0.15, 0.2) is 9.84 Å². The third kappa shape index (κ3) is 2.81. The molecule has 0 aliphatic carbocycles. The van der Waals surface area contributed by atoms with Gasteiger partial charge >= 0.3 is 0 Å². The van der Waals surface area contributed by atoms with Crippen molar-refractivity contribution in [1.29, 1.82) is 0 Å². The highest BCUT2D eigenvalue weighted by atomic mass is 35.5. The summed E-state index contributed by atoms with van der Waals surface area (Å²) in [6.07, 6.45) is 0. The smallest absolute Gasteiger partial charge is 0.274 e. The van der Waals surface area contributed by atoms with Crippen LogP contribution in [0.4, 0.5) is 11.4 Å². The number of anilines is 2. The fourth-order valence-corrected chi connectivity index (χ4v) is 6.80. The molecule has 8 heteroatoms. The van der Waals surface area contributed by atoms with Crippen LogP contribution >= 0.6 is 11.6 Å². The molecule has 0 unspecified atom stereocenters. The van der Waals surface area contributed by atoms with Gasteiger partial charge in [0, 0.05) is 16.3 Å². The molecule has 162 valence electrons. The highest BCUT2D eigenvalue weighted by Crippen LogP contribution is 2.53. The van der Waals surface area contributed by atoms with E-state index in [9.17, 15) is 18.0 Å². The minimum Gasteiger partial charge on any atom is -0.304 e. The van der Waals surface area contributed by atoms with E-state index in [2.05, 4.69) is 0 Å². The Hall–Kier alpha value is -3.16. The molecule has 0 radical (unpaired) electrons. The van der Waals surface area contributed by atoms with Crippen LogP contribution in [-0.4, -0.2) is 26.0 Å². The van der Waals surface area contributed by atoms with Crippen LogP contribution in [0.15, 0.2) is 72.8 Å². The maximum absolute atomic E-state index is 14.1. The number of hydrogen-bond donors (Lipinski definition) is 0. The number of aryl methyl sites for hydroxylation is 1. The molecule has 6 nitrogen and oxygen atoms in total. The molecule has 0 N–H and O–H groups in total. The Morgan fingerprint density at radius 3 is 2.44 bits per heavy atom. The second-order valence-electron chi connectivity index (χ2n) is 8.01. The van der Waals surface area contributed by atoms with Crippen LogP contribution in [0.25, 0.3) is 0 Å². The van der Waals surface area contributed by atoms with Crippen molar-refractivity contribution in [2.75, 3.05) is 15.6 Å². The predicted molar refractivity (Wildman–Crippen MR) is 123 cm³/mol. The number of rotatable bonds is 3. The average Bonchev–Trinajstić information content (AvgIpc) is 3.11. The second kappa shape index (κ2) is 7.18.